The zero-order valence-corrected chi connectivity index (χ0v) is 13.6. The molecule has 3 heteroatoms. The fourth-order valence-corrected chi connectivity index (χ4v) is 2.09. The smallest absolute Gasteiger partial charge is 0.192 e. The second-order valence-corrected chi connectivity index (χ2v) is 10.9. The molecule has 0 aliphatic carbocycles. The zero-order chi connectivity index (χ0) is 14.5. The van der Waals surface area contributed by atoms with Crippen molar-refractivity contribution in [3.05, 3.63) is 36.4 Å². The van der Waals surface area contributed by atoms with E-state index in [1.807, 2.05) is 30.9 Å². The minimum atomic E-state index is -1.69. The molecular formula is C16H24NOSi. The predicted octanol–water partition coefficient (Wildman–Crippen LogP) is 4.19. The molecule has 2 nitrogen and oxygen atoms in total. The van der Waals surface area contributed by atoms with Gasteiger partial charge in [-0.25, -0.2) is 0 Å². The van der Waals surface area contributed by atoms with Crippen molar-refractivity contribution in [3.63, 3.8) is 0 Å². The van der Waals surface area contributed by atoms with E-state index in [1.165, 1.54) is 0 Å². The molecule has 0 aromatic heterocycles. The molecule has 0 heterocycles. The summed E-state index contributed by atoms with van der Waals surface area (Å²) in [6.45, 7) is 13.0. The number of hydrogen-bond acceptors (Lipinski definition) is 2. The Morgan fingerprint density at radius 1 is 1.32 bits per heavy atom. The lowest BCUT2D eigenvalue weighted by molar-refractivity contribution is 0.367. The average Bonchev–Trinajstić information content (AvgIpc) is 2.27. The van der Waals surface area contributed by atoms with Crippen molar-refractivity contribution in [1.29, 1.82) is 0 Å². The third-order valence-corrected chi connectivity index (χ3v) is 7.86. The van der Waals surface area contributed by atoms with Gasteiger partial charge in [-0.15, -0.1) is 0 Å². The van der Waals surface area contributed by atoms with Gasteiger partial charge in [0.1, 0.15) is 0 Å². The van der Waals surface area contributed by atoms with E-state index in [0.717, 1.165) is 11.3 Å². The molecule has 1 rings (SSSR count). The molecule has 0 amide bonds. The van der Waals surface area contributed by atoms with Gasteiger partial charge in [0.15, 0.2) is 8.32 Å². The van der Waals surface area contributed by atoms with Gasteiger partial charge >= 0.3 is 0 Å². The molecule has 2 N–H and O–H groups in total. The highest BCUT2D eigenvalue weighted by atomic mass is 28.4. The van der Waals surface area contributed by atoms with Crippen LogP contribution in [0.15, 0.2) is 24.3 Å². The summed E-state index contributed by atoms with van der Waals surface area (Å²) in [6.07, 6.45) is 0.640. The Balaban J connectivity index is 2.44. The van der Waals surface area contributed by atoms with Crippen LogP contribution in [-0.4, -0.2) is 8.32 Å². The van der Waals surface area contributed by atoms with E-state index in [-0.39, 0.29) is 5.04 Å². The fraction of sp³-hybridized carbons (Fsp3) is 0.438. The summed E-state index contributed by atoms with van der Waals surface area (Å²) in [7, 11) is -1.69. The zero-order valence-electron chi connectivity index (χ0n) is 12.6. The lowest BCUT2D eigenvalue weighted by Crippen LogP contribution is -2.39. The van der Waals surface area contributed by atoms with E-state index in [1.54, 1.807) is 0 Å². The largest absolute Gasteiger partial charge is 0.410 e. The highest BCUT2D eigenvalue weighted by Crippen LogP contribution is 2.36. The minimum Gasteiger partial charge on any atom is -0.410 e. The van der Waals surface area contributed by atoms with E-state index in [2.05, 4.69) is 45.7 Å². The highest BCUT2D eigenvalue weighted by Gasteiger charge is 2.36. The van der Waals surface area contributed by atoms with Crippen molar-refractivity contribution in [2.24, 2.45) is 0 Å². The minimum absolute atomic E-state index is 0.227. The molecule has 1 aromatic carbocycles. The predicted molar refractivity (Wildman–Crippen MR) is 84.9 cm³/mol. The number of hydrogen-bond donors (Lipinski definition) is 1. The Kier molecular flexibility index (Phi) is 5.22. The number of benzene rings is 1. The van der Waals surface area contributed by atoms with Crippen LogP contribution in [0.2, 0.25) is 18.1 Å². The van der Waals surface area contributed by atoms with E-state index in [9.17, 15) is 0 Å². The van der Waals surface area contributed by atoms with Gasteiger partial charge in [-0.3, -0.25) is 0 Å². The van der Waals surface area contributed by atoms with Crippen LogP contribution in [0.1, 0.15) is 32.8 Å². The molecule has 0 unspecified atom stereocenters. The first-order valence-corrected chi connectivity index (χ1v) is 9.47. The van der Waals surface area contributed by atoms with Gasteiger partial charge in [0.2, 0.25) is 0 Å². The van der Waals surface area contributed by atoms with E-state index in [4.69, 9.17) is 10.2 Å². The molecule has 19 heavy (non-hydrogen) atoms. The molecule has 0 fully saturated rings. The topological polar surface area (TPSA) is 35.2 Å². The number of nitrogens with two attached hydrogens (primary N) is 1. The van der Waals surface area contributed by atoms with Crippen molar-refractivity contribution in [1.82, 2.24) is 0 Å². The van der Waals surface area contributed by atoms with Crippen molar-refractivity contribution in [3.8, 4) is 11.8 Å². The molecule has 0 saturated carbocycles. The van der Waals surface area contributed by atoms with Crippen LogP contribution in [0, 0.1) is 18.4 Å². The Morgan fingerprint density at radius 2 is 2.00 bits per heavy atom. The van der Waals surface area contributed by atoms with E-state index >= 15 is 0 Å². The van der Waals surface area contributed by atoms with Gasteiger partial charge < -0.3 is 10.2 Å². The Morgan fingerprint density at radius 3 is 2.58 bits per heavy atom. The first-order valence-electron chi connectivity index (χ1n) is 6.56. The summed E-state index contributed by atoms with van der Waals surface area (Å²) < 4.78 is 5.94. The lowest BCUT2D eigenvalue weighted by Gasteiger charge is -2.35. The van der Waals surface area contributed by atoms with Crippen molar-refractivity contribution in [2.75, 3.05) is 5.73 Å². The van der Waals surface area contributed by atoms with Gasteiger partial charge in [-0.2, -0.15) is 0 Å². The molecule has 0 aliphatic heterocycles. The summed E-state index contributed by atoms with van der Waals surface area (Å²) in [6, 6.07) is 7.60. The standard InChI is InChI=1S/C16H24NOSi/c1-16(2,3)19(4,5)18-12-7-6-9-14-10-8-11-15(17)13-14/h8,10-13H,7,17H2,1-5H3. The van der Waals surface area contributed by atoms with Crippen LogP contribution >= 0.6 is 0 Å². The Bertz CT molecular complexity index is 478. The second kappa shape index (κ2) is 6.27. The molecule has 0 saturated heterocycles. The van der Waals surface area contributed by atoms with Crippen LogP contribution in [0.3, 0.4) is 0 Å². The number of nitrogen functional groups attached to an aromatic ring is 1. The third-order valence-electron chi connectivity index (χ3n) is 3.49. The normalized spacial score (nSPS) is 11.8. The maximum atomic E-state index is 5.94. The van der Waals surface area contributed by atoms with Crippen molar-refractivity contribution < 1.29 is 4.43 Å². The molecule has 0 atom stereocenters. The van der Waals surface area contributed by atoms with Crippen LogP contribution in [-0.2, 0) is 4.43 Å². The summed E-state index contributed by atoms with van der Waals surface area (Å²) in [4.78, 5) is 0. The van der Waals surface area contributed by atoms with Gasteiger partial charge in [-0.05, 0) is 36.3 Å². The maximum absolute atomic E-state index is 5.94. The number of rotatable bonds is 3. The maximum Gasteiger partial charge on any atom is 0.192 e. The Labute approximate surface area is 118 Å². The average molecular weight is 274 g/mol. The third kappa shape index (κ3) is 5.10. The van der Waals surface area contributed by atoms with Gasteiger partial charge in [0, 0.05) is 17.7 Å². The fourth-order valence-electron chi connectivity index (χ4n) is 1.24. The molecule has 103 valence electrons. The Hall–Kier alpha value is -1.24. The van der Waals surface area contributed by atoms with E-state index in [0.29, 0.717) is 6.42 Å². The SMILES string of the molecule is CC(C)(C)[Si](C)(C)O[CH]CC#Cc1cccc(N)c1. The second-order valence-electron chi connectivity index (χ2n) is 6.18. The van der Waals surface area contributed by atoms with Crippen LogP contribution in [0.4, 0.5) is 5.69 Å². The molecule has 0 bridgehead atoms. The van der Waals surface area contributed by atoms with Crippen LogP contribution in [0.25, 0.3) is 0 Å². The molecular weight excluding hydrogens is 250 g/mol. The summed E-state index contributed by atoms with van der Waals surface area (Å²) in [5, 5.41) is 0.227. The van der Waals surface area contributed by atoms with Crippen LogP contribution in [0.5, 0.6) is 0 Å². The quantitative estimate of drug-likeness (QED) is 0.388. The monoisotopic (exact) mass is 274 g/mol. The first-order chi connectivity index (χ1) is 8.72. The van der Waals surface area contributed by atoms with Gasteiger partial charge in [-0.1, -0.05) is 38.7 Å². The first kappa shape index (κ1) is 15.8. The van der Waals surface area contributed by atoms with Crippen LogP contribution < -0.4 is 5.73 Å². The number of anilines is 1. The van der Waals surface area contributed by atoms with Crippen molar-refractivity contribution >= 4 is 14.0 Å². The molecule has 0 spiro atoms. The summed E-state index contributed by atoms with van der Waals surface area (Å²) in [5.74, 6) is 6.17. The molecule has 1 aromatic rings. The highest BCUT2D eigenvalue weighted by molar-refractivity contribution is 6.74. The van der Waals surface area contributed by atoms with Gasteiger partial charge in [0.25, 0.3) is 0 Å². The molecule has 1 radical (unpaired) electrons. The lowest BCUT2D eigenvalue weighted by atomic mass is 10.2. The summed E-state index contributed by atoms with van der Waals surface area (Å²) >= 11 is 0. The van der Waals surface area contributed by atoms with Gasteiger partial charge in [0.05, 0.1) is 6.61 Å². The molecule has 0 aliphatic rings. The van der Waals surface area contributed by atoms with Crippen molar-refractivity contribution in [2.45, 2.75) is 45.3 Å². The van der Waals surface area contributed by atoms with E-state index < -0.39 is 8.32 Å². The summed E-state index contributed by atoms with van der Waals surface area (Å²) in [5.41, 5.74) is 7.39.